The van der Waals surface area contributed by atoms with Gasteiger partial charge in [-0.1, -0.05) is 20.8 Å². The van der Waals surface area contributed by atoms with Crippen molar-refractivity contribution in [3.8, 4) is 0 Å². The molecule has 1 aromatic heterocycles. The molecule has 1 saturated heterocycles. The fourth-order valence-corrected chi connectivity index (χ4v) is 4.33. The molecule has 0 bridgehead atoms. The molecule has 5 nitrogen and oxygen atoms in total. The summed E-state index contributed by atoms with van der Waals surface area (Å²) < 4.78 is 22.6. The number of thiophene rings is 1. The number of sulfonamides is 1. The molecule has 0 aliphatic carbocycles. The zero-order chi connectivity index (χ0) is 15.8. The molecule has 2 rings (SSSR count). The number of likely N-dealkylation sites (tertiary alicyclic amines) is 1. The van der Waals surface area contributed by atoms with E-state index in [1.54, 1.807) is 6.07 Å². The molecule has 0 spiro atoms. The quantitative estimate of drug-likeness (QED) is 0.918. The summed E-state index contributed by atoms with van der Waals surface area (Å²) in [7, 11) is -3.67. The minimum absolute atomic E-state index is 0.0598. The van der Waals surface area contributed by atoms with Crippen molar-refractivity contribution in [1.29, 1.82) is 0 Å². The highest BCUT2D eigenvalue weighted by atomic mass is 32.2. The lowest BCUT2D eigenvalue weighted by Crippen LogP contribution is -2.32. The summed E-state index contributed by atoms with van der Waals surface area (Å²) in [5.41, 5.74) is 0.207. The second kappa shape index (κ2) is 5.70. The summed E-state index contributed by atoms with van der Waals surface area (Å²) in [6, 6.07) is 3.13. The predicted octanol–water partition coefficient (Wildman–Crippen LogP) is 1.83. The van der Waals surface area contributed by atoms with E-state index >= 15 is 0 Å². The molecule has 1 aromatic rings. The summed E-state index contributed by atoms with van der Waals surface area (Å²) in [4.78, 5) is 14.9. The van der Waals surface area contributed by atoms with Gasteiger partial charge >= 0.3 is 0 Å². The number of primary sulfonamides is 1. The summed E-state index contributed by atoms with van der Waals surface area (Å²) in [5.74, 6) is 0.578. The average molecular weight is 330 g/mol. The number of amides is 1. The number of nitrogens with two attached hydrogens (primary N) is 1. The topological polar surface area (TPSA) is 80.5 Å². The third kappa shape index (κ3) is 4.05. The van der Waals surface area contributed by atoms with Gasteiger partial charge in [0.05, 0.1) is 6.42 Å². The van der Waals surface area contributed by atoms with Crippen LogP contribution in [0.1, 0.15) is 32.1 Å². The monoisotopic (exact) mass is 330 g/mol. The van der Waals surface area contributed by atoms with Gasteiger partial charge in [-0.2, -0.15) is 0 Å². The third-order valence-electron chi connectivity index (χ3n) is 4.01. The normalized spacial score (nSPS) is 20.0. The van der Waals surface area contributed by atoms with E-state index in [1.807, 2.05) is 4.90 Å². The van der Waals surface area contributed by atoms with Crippen LogP contribution in [0.3, 0.4) is 0 Å². The smallest absolute Gasteiger partial charge is 0.247 e. The molecule has 1 fully saturated rings. The maximum Gasteiger partial charge on any atom is 0.247 e. The lowest BCUT2D eigenvalue weighted by molar-refractivity contribution is -0.129. The Labute approximate surface area is 130 Å². The fourth-order valence-electron chi connectivity index (χ4n) is 2.56. The van der Waals surface area contributed by atoms with Crippen molar-refractivity contribution in [3.05, 3.63) is 17.0 Å². The lowest BCUT2D eigenvalue weighted by atomic mass is 9.80. The zero-order valence-corrected chi connectivity index (χ0v) is 14.3. The van der Waals surface area contributed by atoms with E-state index < -0.39 is 10.0 Å². The van der Waals surface area contributed by atoms with Crippen LogP contribution in [0.2, 0.25) is 0 Å². The Morgan fingerprint density at radius 1 is 1.43 bits per heavy atom. The minimum Gasteiger partial charge on any atom is -0.342 e. The van der Waals surface area contributed by atoms with Crippen molar-refractivity contribution < 1.29 is 13.2 Å². The zero-order valence-electron chi connectivity index (χ0n) is 12.6. The summed E-state index contributed by atoms with van der Waals surface area (Å²) in [6.07, 6.45) is 1.28. The van der Waals surface area contributed by atoms with E-state index in [1.165, 1.54) is 6.07 Å². The van der Waals surface area contributed by atoms with Crippen LogP contribution in [0.5, 0.6) is 0 Å². The van der Waals surface area contributed by atoms with Crippen molar-refractivity contribution in [2.75, 3.05) is 13.1 Å². The van der Waals surface area contributed by atoms with Crippen LogP contribution in [0.25, 0.3) is 0 Å². The van der Waals surface area contributed by atoms with E-state index in [0.29, 0.717) is 5.92 Å². The van der Waals surface area contributed by atoms with Gasteiger partial charge in [0.15, 0.2) is 0 Å². The molecule has 0 radical (unpaired) electrons. The highest BCUT2D eigenvalue weighted by molar-refractivity contribution is 7.91. The second-order valence-corrected chi connectivity index (χ2v) is 9.59. The molecule has 7 heteroatoms. The first-order valence-electron chi connectivity index (χ1n) is 6.96. The van der Waals surface area contributed by atoms with Gasteiger partial charge in [0.1, 0.15) is 4.21 Å². The van der Waals surface area contributed by atoms with Gasteiger partial charge in [-0.3, -0.25) is 4.79 Å². The van der Waals surface area contributed by atoms with E-state index in [0.717, 1.165) is 35.7 Å². The Balaban J connectivity index is 1.98. The number of carbonyl (C=O) groups is 1. The van der Waals surface area contributed by atoms with Crippen LogP contribution in [0.4, 0.5) is 0 Å². The molecule has 118 valence electrons. The molecule has 2 N–H and O–H groups in total. The molecular weight excluding hydrogens is 308 g/mol. The van der Waals surface area contributed by atoms with Gasteiger partial charge in [0.2, 0.25) is 15.9 Å². The van der Waals surface area contributed by atoms with E-state index in [4.69, 9.17) is 5.14 Å². The summed E-state index contributed by atoms with van der Waals surface area (Å²) >= 11 is 1.07. The largest absolute Gasteiger partial charge is 0.342 e. The molecule has 1 aliphatic heterocycles. The van der Waals surface area contributed by atoms with Crippen molar-refractivity contribution in [3.63, 3.8) is 0 Å². The van der Waals surface area contributed by atoms with Crippen LogP contribution in [-0.2, 0) is 21.2 Å². The Bertz CT molecular complexity index is 629. The third-order valence-corrected chi connectivity index (χ3v) is 6.53. The number of rotatable bonds is 3. The molecule has 1 aliphatic rings. The van der Waals surface area contributed by atoms with Crippen LogP contribution in [0, 0.1) is 11.3 Å². The highest BCUT2D eigenvalue weighted by Gasteiger charge is 2.33. The Hall–Kier alpha value is -0.920. The lowest BCUT2D eigenvalue weighted by Gasteiger charge is -2.26. The van der Waals surface area contributed by atoms with Crippen LogP contribution >= 0.6 is 11.3 Å². The van der Waals surface area contributed by atoms with Gasteiger partial charge < -0.3 is 4.90 Å². The van der Waals surface area contributed by atoms with E-state index in [9.17, 15) is 13.2 Å². The van der Waals surface area contributed by atoms with Gasteiger partial charge in [-0.15, -0.1) is 11.3 Å². The molecule has 2 heterocycles. The first-order chi connectivity index (χ1) is 9.57. The van der Waals surface area contributed by atoms with Crippen molar-refractivity contribution in [2.45, 2.75) is 37.8 Å². The van der Waals surface area contributed by atoms with Crippen molar-refractivity contribution in [1.82, 2.24) is 4.90 Å². The molecule has 0 saturated carbocycles. The van der Waals surface area contributed by atoms with Crippen LogP contribution in [-0.4, -0.2) is 32.3 Å². The molecular formula is C14H22N2O3S2. The van der Waals surface area contributed by atoms with Crippen LogP contribution in [0.15, 0.2) is 16.3 Å². The summed E-state index contributed by atoms with van der Waals surface area (Å²) in [6.45, 7) is 8.17. The molecule has 1 atom stereocenters. The van der Waals surface area contributed by atoms with Crippen LogP contribution < -0.4 is 5.14 Å². The van der Waals surface area contributed by atoms with Gasteiger partial charge in [-0.05, 0) is 29.9 Å². The first kappa shape index (κ1) is 16.5. The molecule has 0 aromatic carbocycles. The summed E-state index contributed by atoms with van der Waals surface area (Å²) in [5, 5.41) is 5.08. The SMILES string of the molecule is CC(C)(C)C1CCN(C(=O)Cc2ccc(S(N)(=O)=O)s2)C1. The standard InChI is InChI=1S/C14H22N2O3S2/c1-14(2,3)10-6-7-16(9-10)12(17)8-11-4-5-13(20-11)21(15,18)19/h4-5,10H,6-9H2,1-3H3,(H2,15,18,19). The van der Waals surface area contributed by atoms with Crippen molar-refractivity contribution >= 4 is 27.3 Å². The Morgan fingerprint density at radius 2 is 2.10 bits per heavy atom. The number of hydrogen-bond donors (Lipinski definition) is 1. The Morgan fingerprint density at radius 3 is 2.57 bits per heavy atom. The maximum atomic E-state index is 12.3. The number of nitrogens with zero attached hydrogens (tertiary/aromatic N) is 1. The number of carbonyl (C=O) groups excluding carboxylic acids is 1. The minimum atomic E-state index is -3.67. The molecule has 1 unspecified atom stereocenters. The molecule has 21 heavy (non-hydrogen) atoms. The van der Waals surface area contributed by atoms with E-state index in [-0.39, 0.29) is 22.0 Å². The molecule has 1 amide bonds. The Kier molecular flexibility index (Phi) is 4.46. The maximum absolute atomic E-state index is 12.3. The fraction of sp³-hybridized carbons (Fsp3) is 0.643. The predicted molar refractivity (Wildman–Crippen MR) is 83.5 cm³/mol. The average Bonchev–Trinajstić information content (AvgIpc) is 2.94. The van der Waals surface area contributed by atoms with Gasteiger partial charge in [0, 0.05) is 18.0 Å². The van der Waals surface area contributed by atoms with E-state index in [2.05, 4.69) is 20.8 Å². The highest BCUT2D eigenvalue weighted by Crippen LogP contribution is 2.34. The van der Waals surface area contributed by atoms with Gasteiger partial charge in [0.25, 0.3) is 0 Å². The first-order valence-corrected chi connectivity index (χ1v) is 9.33. The number of hydrogen-bond acceptors (Lipinski definition) is 4. The second-order valence-electron chi connectivity index (χ2n) is 6.63. The van der Waals surface area contributed by atoms with Gasteiger partial charge in [-0.25, -0.2) is 13.6 Å². The van der Waals surface area contributed by atoms with Crippen molar-refractivity contribution in [2.24, 2.45) is 16.5 Å².